The van der Waals surface area contributed by atoms with E-state index >= 15 is 0 Å². The van der Waals surface area contributed by atoms with Crippen molar-refractivity contribution < 1.29 is 0 Å². The minimum Gasteiger partial charge on any atom is -0.208 e. The number of rotatable bonds is 7. The summed E-state index contributed by atoms with van der Waals surface area (Å²) in [5.41, 5.74) is 12.2. The average molecular weight is 770 g/mol. The molecular formula is C55H35N3S. The van der Waals surface area contributed by atoms with Gasteiger partial charge in [0.15, 0.2) is 17.5 Å². The van der Waals surface area contributed by atoms with Crippen LogP contribution >= 0.6 is 11.3 Å². The first kappa shape index (κ1) is 34.7. The molecule has 4 heteroatoms. The summed E-state index contributed by atoms with van der Waals surface area (Å²) in [6, 6.07) is 75.2. The van der Waals surface area contributed by atoms with E-state index in [-0.39, 0.29) is 0 Å². The van der Waals surface area contributed by atoms with Crippen molar-refractivity contribution in [3.05, 3.63) is 212 Å². The molecule has 0 radical (unpaired) electrons. The third kappa shape index (κ3) is 6.56. The Morgan fingerprint density at radius 1 is 0.254 bits per heavy atom. The van der Waals surface area contributed by atoms with Crippen LogP contribution in [0.1, 0.15) is 0 Å². The molecule has 11 rings (SSSR count). The van der Waals surface area contributed by atoms with Crippen LogP contribution in [0.25, 0.3) is 110 Å². The lowest BCUT2D eigenvalue weighted by Crippen LogP contribution is -2.01. The summed E-state index contributed by atoms with van der Waals surface area (Å²) >= 11 is 1.82. The molecule has 0 saturated heterocycles. The zero-order valence-electron chi connectivity index (χ0n) is 32.0. The van der Waals surface area contributed by atoms with Crippen LogP contribution in [0.3, 0.4) is 0 Å². The summed E-state index contributed by atoms with van der Waals surface area (Å²) in [5.74, 6) is 1.92. The van der Waals surface area contributed by atoms with Crippen molar-refractivity contribution in [2.45, 2.75) is 0 Å². The Hall–Kier alpha value is -7.53. The first-order valence-electron chi connectivity index (χ1n) is 19.8. The van der Waals surface area contributed by atoms with Crippen LogP contribution in [0, 0.1) is 0 Å². The Kier molecular flexibility index (Phi) is 8.68. The maximum Gasteiger partial charge on any atom is 0.164 e. The molecule has 0 amide bonds. The van der Waals surface area contributed by atoms with Crippen LogP contribution in [0.15, 0.2) is 212 Å². The van der Waals surface area contributed by atoms with E-state index in [1.165, 1.54) is 47.8 Å². The largest absolute Gasteiger partial charge is 0.208 e. The monoisotopic (exact) mass is 769 g/mol. The van der Waals surface area contributed by atoms with Crippen molar-refractivity contribution >= 4 is 42.3 Å². The summed E-state index contributed by atoms with van der Waals surface area (Å²) in [7, 11) is 0. The zero-order chi connectivity index (χ0) is 39.1. The SMILES string of the molecule is c1ccc(-c2cccc(-c3ccc4sc5cc(-c6nc(-c7cccc(-c8ccccc8)c7)nc(-c7cccc(-c8ccccc8)c7)n6)c6ccccc6c5c4c3)c2)cc1. The second kappa shape index (κ2) is 14.8. The fourth-order valence-electron chi connectivity index (χ4n) is 8.21. The van der Waals surface area contributed by atoms with E-state index in [0.29, 0.717) is 17.5 Å². The van der Waals surface area contributed by atoms with E-state index in [2.05, 4.69) is 200 Å². The molecule has 0 bridgehead atoms. The lowest BCUT2D eigenvalue weighted by Gasteiger charge is -2.12. The van der Waals surface area contributed by atoms with Gasteiger partial charge in [0.05, 0.1) is 0 Å². The van der Waals surface area contributed by atoms with E-state index in [9.17, 15) is 0 Å². The summed E-state index contributed by atoms with van der Waals surface area (Å²) < 4.78 is 2.45. The molecule has 0 atom stereocenters. The van der Waals surface area contributed by atoms with Gasteiger partial charge >= 0.3 is 0 Å². The first-order chi connectivity index (χ1) is 29.2. The molecule has 0 saturated carbocycles. The number of benzene rings is 9. The summed E-state index contributed by atoms with van der Waals surface area (Å²) in [5, 5.41) is 4.80. The molecule has 0 aliphatic carbocycles. The second-order valence-corrected chi connectivity index (χ2v) is 15.9. The lowest BCUT2D eigenvalue weighted by atomic mass is 9.96. The topological polar surface area (TPSA) is 38.7 Å². The van der Waals surface area contributed by atoms with Crippen LogP contribution in [-0.2, 0) is 0 Å². The van der Waals surface area contributed by atoms with Gasteiger partial charge in [-0.1, -0.05) is 176 Å². The molecule has 11 aromatic rings. The molecular weight excluding hydrogens is 735 g/mol. The molecule has 0 aliphatic rings. The normalized spacial score (nSPS) is 11.4. The second-order valence-electron chi connectivity index (χ2n) is 14.8. The Balaban J connectivity index is 1.09. The Labute approximate surface area is 346 Å². The number of nitrogens with zero attached hydrogens (tertiary/aromatic N) is 3. The first-order valence-corrected chi connectivity index (χ1v) is 20.7. The Morgan fingerprint density at radius 3 is 1.20 bits per heavy atom. The van der Waals surface area contributed by atoms with Gasteiger partial charge in [-0.15, -0.1) is 11.3 Å². The highest BCUT2D eigenvalue weighted by Gasteiger charge is 2.19. The summed E-state index contributed by atoms with van der Waals surface area (Å²) in [6.07, 6.45) is 0. The van der Waals surface area contributed by atoms with E-state index < -0.39 is 0 Å². The highest BCUT2D eigenvalue weighted by atomic mass is 32.1. The molecule has 59 heavy (non-hydrogen) atoms. The Bertz CT molecular complexity index is 3220. The standard InChI is InChI=1S/C55H35N3S/c1-4-15-36(16-5-1)39-21-12-24-42(31-39)43-29-30-50-49(34-43)52-47-28-11-10-27-46(47)48(35-51(52)59-50)55-57-53(44-25-13-22-40(32-44)37-17-6-2-7-18-37)56-54(58-55)45-26-14-23-41(33-45)38-19-8-3-9-20-38/h1-35H. The van der Waals surface area contributed by atoms with Crippen molar-refractivity contribution in [2.75, 3.05) is 0 Å². The van der Waals surface area contributed by atoms with Crippen LogP contribution in [-0.4, -0.2) is 15.0 Å². The molecule has 276 valence electrons. The third-order valence-electron chi connectivity index (χ3n) is 11.1. The summed E-state index contributed by atoms with van der Waals surface area (Å²) in [6.45, 7) is 0. The van der Waals surface area contributed by atoms with Crippen molar-refractivity contribution in [1.29, 1.82) is 0 Å². The van der Waals surface area contributed by atoms with Crippen molar-refractivity contribution in [2.24, 2.45) is 0 Å². The van der Waals surface area contributed by atoms with Crippen LogP contribution in [0.4, 0.5) is 0 Å². The predicted octanol–water partition coefficient (Wildman–Crippen LogP) is 15.1. The minimum atomic E-state index is 0.635. The molecule has 0 spiro atoms. The predicted molar refractivity (Wildman–Crippen MR) is 248 cm³/mol. The van der Waals surface area contributed by atoms with Gasteiger partial charge in [0.25, 0.3) is 0 Å². The smallest absolute Gasteiger partial charge is 0.164 e. The van der Waals surface area contributed by atoms with E-state index in [4.69, 9.17) is 15.0 Å². The zero-order valence-corrected chi connectivity index (χ0v) is 32.8. The van der Waals surface area contributed by atoms with E-state index in [1.807, 2.05) is 23.5 Å². The van der Waals surface area contributed by atoms with Crippen molar-refractivity contribution in [3.8, 4) is 78.7 Å². The molecule has 0 N–H and O–H groups in total. The number of aromatic nitrogens is 3. The van der Waals surface area contributed by atoms with Gasteiger partial charge in [-0.3, -0.25) is 0 Å². The van der Waals surface area contributed by atoms with E-state index in [1.54, 1.807) is 0 Å². The van der Waals surface area contributed by atoms with Gasteiger partial charge in [0.2, 0.25) is 0 Å². The van der Waals surface area contributed by atoms with Gasteiger partial charge in [0.1, 0.15) is 0 Å². The van der Waals surface area contributed by atoms with E-state index in [0.717, 1.165) is 44.3 Å². The van der Waals surface area contributed by atoms with Crippen molar-refractivity contribution in [3.63, 3.8) is 0 Å². The van der Waals surface area contributed by atoms with Gasteiger partial charge in [0, 0.05) is 36.9 Å². The maximum absolute atomic E-state index is 5.30. The number of thiophene rings is 1. The molecule has 0 aliphatic heterocycles. The third-order valence-corrected chi connectivity index (χ3v) is 12.2. The van der Waals surface area contributed by atoms with Crippen LogP contribution in [0.5, 0.6) is 0 Å². The van der Waals surface area contributed by atoms with Gasteiger partial charge in [-0.25, -0.2) is 15.0 Å². The van der Waals surface area contributed by atoms with Crippen LogP contribution in [0.2, 0.25) is 0 Å². The lowest BCUT2D eigenvalue weighted by molar-refractivity contribution is 1.08. The quantitative estimate of drug-likeness (QED) is 0.162. The molecule has 0 unspecified atom stereocenters. The number of fused-ring (bicyclic) bond motifs is 5. The minimum absolute atomic E-state index is 0.635. The fourth-order valence-corrected chi connectivity index (χ4v) is 9.35. The molecule has 0 fully saturated rings. The highest BCUT2D eigenvalue weighted by molar-refractivity contribution is 7.26. The number of hydrogen-bond donors (Lipinski definition) is 0. The van der Waals surface area contributed by atoms with Crippen LogP contribution < -0.4 is 0 Å². The van der Waals surface area contributed by atoms with Crippen molar-refractivity contribution in [1.82, 2.24) is 15.0 Å². The van der Waals surface area contributed by atoms with Gasteiger partial charge in [-0.2, -0.15) is 0 Å². The molecule has 2 aromatic heterocycles. The molecule has 9 aromatic carbocycles. The van der Waals surface area contributed by atoms with Gasteiger partial charge < -0.3 is 0 Å². The van der Waals surface area contributed by atoms with Gasteiger partial charge in [-0.05, 0) is 91.7 Å². The molecule has 3 nitrogen and oxygen atoms in total. The number of hydrogen-bond acceptors (Lipinski definition) is 4. The highest BCUT2D eigenvalue weighted by Crippen LogP contribution is 2.44. The maximum atomic E-state index is 5.30. The fraction of sp³-hybridized carbons (Fsp3) is 0. The average Bonchev–Trinajstić information content (AvgIpc) is 3.70. The molecule has 2 heterocycles. The summed E-state index contributed by atoms with van der Waals surface area (Å²) in [4.78, 5) is 15.8. The Morgan fingerprint density at radius 2 is 0.661 bits per heavy atom.